The first kappa shape index (κ1) is 21.9. The maximum atomic E-state index is 9.74. The number of hydrogen-bond acceptors (Lipinski definition) is 6. The number of ether oxygens (including phenoxy) is 1. The molecule has 7 rings (SSSR count). The lowest BCUT2D eigenvalue weighted by Gasteiger charge is -2.49. The zero-order valence-electron chi connectivity index (χ0n) is 21.4. The number of anilines is 1. The Morgan fingerprint density at radius 1 is 1.00 bits per heavy atom. The Balaban J connectivity index is 1.65. The molecule has 3 aliphatic heterocycles. The summed E-state index contributed by atoms with van der Waals surface area (Å²) in [6.07, 6.45) is 4.27. The van der Waals surface area contributed by atoms with Gasteiger partial charge in [0.2, 0.25) is 5.88 Å². The Morgan fingerprint density at radius 3 is 2.49 bits per heavy atom. The van der Waals surface area contributed by atoms with E-state index in [-0.39, 0.29) is 21.9 Å². The van der Waals surface area contributed by atoms with Gasteiger partial charge < -0.3 is 9.64 Å². The van der Waals surface area contributed by atoms with Crippen molar-refractivity contribution < 1.29 is 4.74 Å². The van der Waals surface area contributed by atoms with Crippen molar-refractivity contribution in [2.45, 2.75) is 51.4 Å². The zero-order valence-corrected chi connectivity index (χ0v) is 21.4. The lowest BCUT2D eigenvalue weighted by Crippen LogP contribution is -2.45. The van der Waals surface area contributed by atoms with Crippen LogP contribution in [0.25, 0.3) is 28.3 Å². The number of nitriles is 2. The average molecular weight is 487 g/mol. The number of nitrogens with zero attached hydrogens (tertiary/aromatic N) is 6. The second-order valence-corrected chi connectivity index (χ2v) is 11.6. The van der Waals surface area contributed by atoms with Crippen LogP contribution in [0.5, 0.6) is 11.6 Å². The summed E-state index contributed by atoms with van der Waals surface area (Å²) in [5.74, 6) is 1.21. The second kappa shape index (κ2) is 7.11. The Labute approximate surface area is 214 Å². The summed E-state index contributed by atoms with van der Waals surface area (Å²) in [6, 6.07) is 14.0. The first-order chi connectivity index (χ1) is 17.7. The predicted molar refractivity (Wildman–Crippen MR) is 142 cm³/mol. The third-order valence-corrected chi connectivity index (χ3v) is 8.41. The van der Waals surface area contributed by atoms with Crippen molar-refractivity contribution >= 4 is 34.0 Å². The monoisotopic (exact) mass is 486 g/mol. The van der Waals surface area contributed by atoms with Crippen LogP contribution in [0, 0.1) is 22.7 Å². The molecule has 0 saturated carbocycles. The topological polar surface area (TPSA) is 90.2 Å². The Bertz CT molecular complexity index is 1880. The van der Waals surface area contributed by atoms with Gasteiger partial charge in [0.25, 0.3) is 0 Å². The van der Waals surface area contributed by atoms with E-state index in [9.17, 15) is 10.5 Å². The molecule has 0 radical (unpaired) electrons. The van der Waals surface area contributed by atoms with Crippen LogP contribution in [-0.2, 0) is 10.8 Å². The summed E-state index contributed by atoms with van der Waals surface area (Å²) in [5.41, 5.74) is 7.26. The summed E-state index contributed by atoms with van der Waals surface area (Å²) < 4.78 is 8.49. The van der Waals surface area contributed by atoms with Gasteiger partial charge in [0.15, 0.2) is 16.7 Å². The van der Waals surface area contributed by atoms with Crippen LogP contribution in [0.3, 0.4) is 0 Å². The molecule has 182 valence electrons. The van der Waals surface area contributed by atoms with E-state index in [1.54, 1.807) is 4.40 Å². The molecule has 3 aliphatic rings. The van der Waals surface area contributed by atoms with Gasteiger partial charge in [-0.15, -0.1) is 0 Å². The molecule has 2 aromatic carbocycles. The van der Waals surface area contributed by atoms with Crippen LogP contribution in [0.2, 0.25) is 0 Å². The number of para-hydroxylation sites is 2. The summed E-state index contributed by atoms with van der Waals surface area (Å²) >= 11 is 0. The largest absolute Gasteiger partial charge is 0.437 e. The normalized spacial score (nSPS) is 18.1. The SMILES string of the molecule is CC1(C)CCN2CCC(C)(C)c3c4c(cc1c32)C=c1c(nc(=C(C#N)C#N)n2c1nc1ccccc12)O4. The van der Waals surface area contributed by atoms with Gasteiger partial charge in [-0.1, -0.05) is 39.8 Å². The molecule has 0 N–H and O–H groups in total. The molecule has 4 aromatic rings. The molecule has 0 aliphatic carbocycles. The molecule has 37 heavy (non-hydrogen) atoms. The van der Waals surface area contributed by atoms with E-state index >= 15 is 0 Å². The highest BCUT2D eigenvalue weighted by Crippen LogP contribution is 2.54. The maximum Gasteiger partial charge on any atom is 0.232 e. The van der Waals surface area contributed by atoms with E-state index in [0.29, 0.717) is 11.5 Å². The minimum Gasteiger partial charge on any atom is -0.437 e. The van der Waals surface area contributed by atoms with Gasteiger partial charge >= 0.3 is 0 Å². The van der Waals surface area contributed by atoms with Crippen LogP contribution in [0.1, 0.15) is 57.2 Å². The van der Waals surface area contributed by atoms with Crippen molar-refractivity contribution in [2.75, 3.05) is 18.0 Å². The fourth-order valence-corrected chi connectivity index (χ4v) is 6.26. The fourth-order valence-electron chi connectivity index (χ4n) is 6.26. The van der Waals surface area contributed by atoms with E-state index in [4.69, 9.17) is 14.7 Å². The first-order valence-electron chi connectivity index (χ1n) is 12.7. The van der Waals surface area contributed by atoms with Crippen LogP contribution >= 0.6 is 0 Å². The van der Waals surface area contributed by atoms with Crippen LogP contribution in [0.15, 0.2) is 30.3 Å². The van der Waals surface area contributed by atoms with Gasteiger partial charge in [-0.3, -0.25) is 4.40 Å². The minimum atomic E-state index is -0.0783. The number of hydrogen-bond donors (Lipinski definition) is 0. The van der Waals surface area contributed by atoms with E-state index in [1.807, 2.05) is 36.4 Å². The van der Waals surface area contributed by atoms with Gasteiger partial charge in [0.1, 0.15) is 17.9 Å². The smallest absolute Gasteiger partial charge is 0.232 e. The molecule has 2 aromatic heterocycles. The van der Waals surface area contributed by atoms with Crippen molar-refractivity contribution in [2.24, 2.45) is 0 Å². The summed E-state index contributed by atoms with van der Waals surface area (Å²) in [7, 11) is 0. The highest BCUT2D eigenvalue weighted by molar-refractivity contribution is 5.85. The van der Waals surface area contributed by atoms with Crippen molar-refractivity contribution in [3.8, 4) is 23.8 Å². The number of fused-ring (bicyclic) bond motifs is 7. The number of benzene rings is 2. The van der Waals surface area contributed by atoms with Gasteiger partial charge in [0, 0.05) is 29.9 Å². The molecule has 0 spiro atoms. The number of aromatic nitrogens is 3. The van der Waals surface area contributed by atoms with Crippen LogP contribution in [0.4, 0.5) is 5.69 Å². The van der Waals surface area contributed by atoms with Crippen molar-refractivity contribution in [3.05, 3.63) is 57.7 Å². The number of imidazole rings is 1. The Kier molecular flexibility index (Phi) is 4.20. The molecule has 5 heterocycles. The molecular formula is C30H26N6O. The summed E-state index contributed by atoms with van der Waals surface area (Å²) in [4.78, 5) is 12.2. The van der Waals surface area contributed by atoms with Crippen LogP contribution < -0.4 is 20.3 Å². The van der Waals surface area contributed by atoms with E-state index in [2.05, 4.69) is 44.7 Å². The fraction of sp³-hybridized carbons (Fsp3) is 0.333. The standard InChI is InChI=1S/C30H26N6O/c1-29(2)9-11-35-12-10-30(3,4)23-24(35)20(29)14-17-13-19-27-33-21-7-5-6-8-22(21)36(27)26(18(15-31)16-32)34-28(19)37-25(17)23/h5-8,13-14H,9-12H2,1-4H3. The third kappa shape index (κ3) is 2.86. The highest BCUT2D eigenvalue weighted by atomic mass is 16.5. The van der Waals surface area contributed by atoms with E-state index in [0.717, 1.165) is 53.5 Å². The van der Waals surface area contributed by atoms with Gasteiger partial charge in [-0.25, -0.2) is 4.98 Å². The van der Waals surface area contributed by atoms with E-state index < -0.39 is 0 Å². The molecule has 0 bridgehead atoms. The first-order valence-corrected chi connectivity index (χ1v) is 12.7. The molecular weight excluding hydrogens is 460 g/mol. The lowest BCUT2D eigenvalue weighted by atomic mass is 9.68. The second-order valence-electron chi connectivity index (χ2n) is 11.6. The average Bonchev–Trinajstić information content (AvgIpc) is 3.27. The van der Waals surface area contributed by atoms with Crippen molar-refractivity contribution in [3.63, 3.8) is 0 Å². The molecule has 7 heteroatoms. The lowest BCUT2D eigenvalue weighted by molar-refractivity contribution is 0.375. The summed E-state index contributed by atoms with van der Waals surface area (Å²) in [6.45, 7) is 11.3. The molecule has 7 nitrogen and oxygen atoms in total. The minimum absolute atomic E-state index is 0.0556. The molecule has 0 atom stereocenters. The van der Waals surface area contributed by atoms with Gasteiger partial charge in [-0.05, 0) is 53.5 Å². The molecule has 0 fully saturated rings. The molecule has 0 saturated heterocycles. The van der Waals surface area contributed by atoms with Gasteiger partial charge in [-0.2, -0.15) is 15.5 Å². The third-order valence-electron chi connectivity index (χ3n) is 8.41. The predicted octanol–water partition coefficient (Wildman–Crippen LogP) is 4.18. The Hall–Kier alpha value is -4.36. The van der Waals surface area contributed by atoms with Crippen LogP contribution in [-0.4, -0.2) is 27.5 Å². The maximum absolute atomic E-state index is 9.74. The van der Waals surface area contributed by atoms with Crippen molar-refractivity contribution in [1.29, 1.82) is 10.5 Å². The highest BCUT2D eigenvalue weighted by Gasteiger charge is 2.43. The summed E-state index contributed by atoms with van der Waals surface area (Å²) in [5, 5.41) is 20.2. The molecule has 0 amide bonds. The number of rotatable bonds is 0. The quantitative estimate of drug-likeness (QED) is 0.326. The Morgan fingerprint density at radius 2 is 1.73 bits per heavy atom. The molecule has 0 unspecified atom stereocenters. The van der Waals surface area contributed by atoms with Crippen molar-refractivity contribution in [1.82, 2.24) is 14.4 Å². The van der Waals surface area contributed by atoms with E-state index in [1.165, 1.54) is 16.8 Å². The zero-order chi connectivity index (χ0) is 25.7. The van der Waals surface area contributed by atoms with Gasteiger partial charge in [0.05, 0.1) is 16.3 Å².